The monoisotopic (exact) mass is 764 g/mol. The van der Waals surface area contributed by atoms with Crippen molar-refractivity contribution < 1.29 is 4.42 Å². The Morgan fingerprint density at radius 1 is 0.333 bits per heavy atom. The number of furan rings is 1. The van der Waals surface area contributed by atoms with Gasteiger partial charge < -0.3 is 4.42 Å². The van der Waals surface area contributed by atoms with E-state index in [2.05, 4.69) is 183 Å². The van der Waals surface area contributed by atoms with E-state index < -0.39 is 0 Å². The van der Waals surface area contributed by atoms with Gasteiger partial charge in [0.2, 0.25) is 0 Å². The minimum absolute atomic E-state index is 0.714. The Hall–Kier alpha value is -7.88. The smallest absolute Gasteiger partial charge is 0.160 e. The number of nitrogens with zero attached hydrogens (tertiary/aromatic N) is 2. The molecule has 10 aromatic carbocycles. The second-order valence-electron chi connectivity index (χ2n) is 15.7. The molecular formula is C57H36N2O. The molecule has 0 aliphatic carbocycles. The molecule has 0 N–H and O–H groups in total. The molecule has 0 fully saturated rings. The SMILES string of the molecule is Cc1c(-c2ccccc2)nc(-c2ccccc2)nc1-c1ccc(-c2cc3c(oc4cccc(-c5ccc6c7ccccc7c7ccccc7c6c5)c43)c3ccccc23)cc1. The van der Waals surface area contributed by atoms with Gasteiger partial charge in [-0.15, -0.1) is 0 Å². The molecule has 0 bridgehead atoms. The van der Waals surface area contributed by atoms with Crippen molar-refractivity contribution in [2.24, 2.45) is 0 Å². The Labute approximate surface area is 346 Å². The van der Waals surface area contributed by atoms with Gasteiger partial charge in [-0.05, 0) is 85.1 Å². The average molecular weight is 765 g/mol. The van der Waals surface area contributed by atoms with Gasteiger partial charge in [0, 0.05) is 38.4 Å². The zero-order chi connectivity index (χ0) is 39.7. The van der Waals surface area contributed by atoms with Crippen LogP contribution in [-0.4, -0.2) is 9.97 Å². The highest BCUT2D eigenvalue weighted by Crippen LogP contribution is 2.45. The Balaban J connectivity index is 1.03. The lowest BCUT2D eigenvalue weighted by Crippen LogP contribution is -2.00. The van der Waals surface area contributed by atoms with Gasteiger partial charge in [-0.1, -0.05) is 182 Å². The van der Waals surface area contributed by atoms with E-state index in [9.17, 15) is 0 Å². The first-order chi connectivity index (χ1) is 29.7. The molecule has 0 radical (unpaired) electrons. The molecule has 60 heavy (non-hydrogen) atoms. The van der Waals surface area contributed by atoms with Gasteiger partial charge in [-0.3, -0.25) is 0 Å². The Morgan fingerprint density at radius 2 is 0.833 bits per heavy atom. The van der Waals surface area contributed by atoms with Crippen LogP contribution >= 0.6 is 0 Å². The Bertz CT molecular complexity index is 3610. The van der Waals surface area contributed by atoms with E-state index in [0.717, 1.165) is 83.0 Å². The van der Waals surface area contributed by atoms with Gasteiger partial charge >= 0.3 is 0 Å². The lowest BCUT2D eigenvalue weighted by atomic mass is 9.90. The molecule has 2 heterocycles. The van der Waals surface area contributed by atoms with Crippen LogP contribution in [0.4, 0.5) is 0 Å². The van der Waals surface area contributed by atoms with E-state index in [-0.39, 0.29) is 0 Å². The van der Waals surface area contributed by atoms with Crippen molar-refractivity contribution in [1.82, 2.24) is 9.97 Å². The topological polar surface area (TPSA) is 38.9 Å². The maximum Gasteiger partial charge on any atom is 0.160 e. The normalized spacial score (nSPS) is 11.8. The van der Waals surface area contributed by atoms with E-state index in [4.69, 9.17) is 14.4 Å². The second-order valence-corrected chi connectivity index (χ2v) is 15.7. The zero-order valence-electron chi connectivity index (χ0n) is 32.9. The van der Waals surface area contributed by atoms with Gasteiger partial charge in [-0.2, -0.15) is 0 Å². The molecule has 0 amide bonds. The van der Waals surface area contributed by atoms with Crippen molar-refractivity contribution in [2.75, 3.05) is 0 Å². The molecule has 0 spiro atoms. The first kappa shape index (κ1) is 34.2. The fourth-order valence-electron chi connectivity index (χ4n) is 9.40. The lowest BCUT2D eigenvalue weighted by molar-refractivity contribution is 0.673. The molecule has 12 aromatic rings. The fourth-order valence-corrected chi connectivity index (χ4v) is 9.40. The summed E-state index contributed by atoms with van der Waals surface area (Å²) in [5.41, 5.74) is 12.4. The number of aromatic nitrogens is 2. The molecular weight excluding hydrogens is 729 g/mol. The molecule has 3 nitrogen and oxygen atoms in total. The Morgan fingerprint density at radius 3 is 1.48 bits per heavy atom. The maximum absolute atomic E-state index is 6.81. The summed E-state index contributed by atoms with van der Waals surface area (Å²) >= 11 is 0. The van der Waals surface area contributed by atoms with Crippen LogP contribution in [0.5, 0.6) is 0 Å². The number of hydrogen-bond acceptors (Lipinski definition) is 3. The molecule has 0 atom stereocenters. The van der Waals surface area contributed by atoms with Crippen LogP contribution in [0.15, 0.2) is 205 Å². The molecule has 0 saturated heterocycles. The third-order valence-electron chi connectivity index (χ3n) is 12.3. The third-order valence-corrected chi connectivity index (χ3v) is 12.3. The predicted octanol–water partition coefficient (Wildman–Crippen LogP) is 15.6. The second kappa shape index (κ2) is 13.6. The van der Waals surface area contributed by atoms with Crippen LogP contribution < -0.4 is 0 Å². The van der Waals surface area contributed by atoms with Gasteiger partial charge in [-0.25, -0.2) is 9.97 Å². The average Bonchev–Trinajstić information content (AvgIpc) is 3.71. The lowest BCUT2D eigenvalue weighted by Gasteiger charge is -2.14. The highest BCUT2D eigenvalue weighted by atomic mass is 16.3. The number of rotatable bonds is 5. The minimum atomic E-state index is 0.714. The van der Waals surface area contributed by atoms with Crippen molar-refractivity contribution in [3.05, 3.63) is 206 Å². The van der Waals surface area contributed by atoms with Crippen LogP contribution in [0.2, 0.25) is 0 Å². The van der Waals surface area contributed by atoms with E-state index in [1.54, 1.807) is 0 Å². The summed E-state index contributed by atoms with van der Waals surface area (Å²) in [4.78, 5) is 10.3. The highest BCUT2D eigenvalue weighted by Gasteiger charge is 2.20. The molecule has 0 unspecified atom stereocenters. The van der Waals surface area contributed by atoms with Gasteiger partial charge in [0.1, 0.15) is 11.2 Å². The molecule has 12 rings (SSSR count). The third kappa shape index (κ3) is 5.37. The number of benzene rings is 10. The quantitative estimate of drug-likeness (QED) is 0.164. The summed E-state index contributed by atoms with van der Waals surface area (Å²) in [5, 5.41) is 12.1. The van der Waals surface area contributed by atoms with E-state index in [1.165, 1.54) is 37.9 Å². The van der Waals surface area contributed by atoms with Crippen LogP contribution in [0.3, 0.4) is 0 Å². The van der Waals surface area contributed by atoms with E-state index >= 15 is 0 Å². The highest BCUT2D eigenvalue weighted by molar-refractivity contribution is 6.27. The summed E-state index contributed by atoms with van der Waals surface area (Å²) in [6.45, 7) is 2.13. The van der Waals surface area contributed by atoms with E-state index in [0.29, 0.717) is 5.82 Å². The first-order valence-corrected chi connectivity index (χ1v) is 20.5. The largest absolute Gasteiger partial charge is 0.455 e. The van der Waals surface area contributed by atoms with Gasteiger partial charge in [0.25, 0.3) is 0 Å². The molecule has 280 valence electrons. The zero-order valence-corrected chi connectivity index (χ0v) is 32.9. The summed E-state index contributed by atoms with van der Waals surface area (Å²) < 4.78 is 6.81. The van der Waals surface area contributed by atoms with Crippen molar-refractivity contribution in [2.45, 2.75) is 6.92 Å². The van der Waals surface area contributed by atoms with Crippen molar-refractivity contribution in [3.8, 4) is 56.2 Å². The molecule has 0 aliphatic heterocycles. The van der Waals surface area contributed by atoms with Crippen LogP contribution in [0.25, 0.3) is 121 Å². The van der Waals surface area contributed by atoms with Gasteiger partial charge in [0.05, 0.1) is 11.4 Å². The number of hydrogen-bond donors (Lipinski definition) is 0. The van der Waals surface area contributed by atoms with Crippen LogP contribution in [-0.2, 0) is 0 Å². The van der Waals surface area contributed by atoms with E-state index in [1.807, 2.05) is 24.3 Å². The summed E-state index contributed by atoms with van der Waals surface area (Å²) in [6, 6.07) is 71.4. The summed E-state index contributed by atoms with van der Waals surface area (Å²) in [5.74, 6) is 0.714. The van der Waals surface area contributed by atoms with Crippen molar-refractivity contribution in [3.63, 3.8) is 0 Å². The first-order valence-electron chi connectivity index (χ1n) is 20.5. The van der Waals surface area contributed by atoms with Crippen LogP contribution in [0.1, 0.15) is 5.56 Å². The molecule has 0 aliphatic rings. The molecule has 0 saturated carbocycles. The maximum atomic E-state index is 6.81. The standard InChI is InChI=1S/C57H36N2O/c1-35-54(37-15-4-2-5-16-37)58-57(39-17-6-3-7-18-39)59-55(35)38-29-27-36(28-30-38)49-34-51-53-41(25-14-26-52(53)60-56(51)48-24-13-12-23-46(48)49)40-31-32-47-44-21-9-8-19-42(44)43-20-10-11-22-45(43)50(47)33-40/h2-34H,1H3. The van der Waals surface area contributed by atoms with Gasteiger partial charge in [0.15, 0.2) is 5.82 Å². The predicted molar refractivity (Wildman–Crippen MR) is 251 cm³/mol. The molecule has 2 aromatic heterocycles. The number of fused-ring (bicyclic) bond motifs is 11. The fraction of sp³-hybridized carbons (Fsp3) is 0.0175. The van der Waals surface area contributed by atoms with Crippen molar-refractivity contribution >= 4 is 65.0 Å². The van der Waals surface area contributed by atoms with Crippen molar-refractivity contribution in [1.29, 1.82) is 0 Å². The molecule has 3 heteroatoms. The summed E-state index contributed by atoms with van der Waals surface area (Å²) in [7, 11) is 0. The minimum Gasteiger partial charge on any atom is -0.455 e. The summed E-state index contributed by atoms with van der Waals surface area (Å²) in [6.07, 6.45) is 0. The Kier molecular flexibility index (Phi) is 7.76. The van der Waals surface area contributed by atoms with Crippen LogP contribution in [0, 0.1) is 6.92 Å².